The third kappa shape index (κ3) is 1.86. The van der Waals surface area contributed by atoms with Crippen LogP contribution in [-0.2, 0) is 10.5 Å². The summed E-state index contributed by atoms with van der Waals surface area (Å²) in [6, 6.07) is 3.04. The summed E-state index contributed by atoms with van der Waals surface area (Å²) in [5.74, 6) is -2.18. The Hall–Kier alpha value is -0.960. The van der Waals surface area contributed by atoms with Gasteiger partial charge in [0, 0.05) is 6.20 Å². The zero-order chi connectivity index (χ0) is 12.6. The zero-order valence-electron chi connectivity index (χ0n) is 8.89. The predicted octanol–water partition coefficient (Wildman–Crippen LogP) is -2.37. The lowest BCUT2D eigenvalue weighted by molar-refractivity contribution is -0.359. The molecule has 5 atom stereocenters. The van der Waals surface area contributed by atoms with Crippen molar-refractivity contribution < 1.29 is 30.3 Å². The van der Waals surface area contributed by atoms with E-state index in [0.717, 1.165) is 0 Å². The summed E-state index contributed by atoms with van der Waals surface area (Å²) in [6.45, 7) is -0.589. The molecule has 7 nitrogen and oxygen atoms in total. The van der Waals surface area contributed by atoms with Crippen molar-refractivity contribution in [3.63, 3.8) is 0 Å². The highest BCUT2D eigenvalue weighted by atomic mass is 16.7. The molecule has 1 unspecified atom stereocenters. The van der Waals surface area contributed by atoms with Crippen LogP contribution in [0.4, 0.5) is 0 Å². The Kier molecular flexibility index (Phi) is 3.21. The number of aliphatic hydroxyl groups excluding tert-OH is 4. The van der Waals surface area contributed by atoms with Gasteiger partial charge in [-0.05, 0) is 12.1 Å². The van der Waals surface area contributed by atoms with Crippen molar-refractivity contribution in [3.8, 4) is 0 Å². The zero-order valence-corrected chi connectivity index (χ0v) is 8.89. The first-order valence-corrected chi connectivity index (χ1v) is 5.20. The lowest BCUT2D eigenvalue weighted by Crippen LogP contribution is -2.63. The van der Waals surface area contributed by atoms with Crippen LogP contribution in [0.25, 0.3) is 0 Å². The van der Waals surface area contributed by atoms with Gasteiger partial charge in [0.15, 0.2) is 0 Å². The summed E-state index contributed by atoms with van der Waals surface area (Å²) < 4.78 is 5.08. The molecule has 0 bridgehead atoms. The Morgan fingerprint density at radius 1 is 1.29 bits per heavy atom. The number of ether oxygens (including phenoxy) is 1. The molecule has 7 heteroatoms. The smallest absolute Gasteiger partial charge is 0.237 e. The maximum Gasteiger partial charge on any atom is 0.237 e. The van der Waals surface area contributed by atoms with Gasteiger partial charge in [-0.15, -0.1) is 0 Å². The number of hydrogen-bond acceptors (Lipinski definition) is 6. The van der Waals surface area contributed by atoms with Gasteiger partial charge in [0.2, 0.25) is 5.79 Å². The Morgan fingerprint density at radius 2 is 2.00 bits per heavy atom. The summed E-state index contributed by atoms with van der Waals surface area (Å²) in [5.41, 5.74) is 0.134. The highest BCUT2D eigenvalue weighted by Gasteiger charge is 2.54. The third-order valence-electron chi connectivity index (χ3n) is 2.95. The number of H-pyrrole nitrogens is 1. The van der Waals surface area contributed by atoms with Crippen molar-refractivity contribution in [1.82, 2.24) is 4.98 Å². The van der Waals surface area contributed by atoms with Crippen molar-refractivity contribution >= 4 is 0 Å². The van der Waals surface area contributed by atoms with E-state index in [1.807, 2.05) is 0 Å². The Balaban J connectivity index is 2.34. The monoisotopic (exact) mass is 245 g/mol. The van der Waals surface area contributed by atoms with Crippen molar-refractivity contribution in [2.45, 2.75) is 30.2 Å². The minimum atomic E-state index is -2.18. The van der Waals surface area contributed by atoms with Crippen LogP contribution in [0.15, 0.2) is 18.3 Å². The van der Waals surface area contributed by atoms with Gasteiger partial charge in [0.05, 0.1) is 12.3 Å². The maximum atomic E-state index is 10.2. The lowest BCUT2D eigenvalue weighted by Gasteiger charge is -2.44. The van der Waals surface area contributed by atoms with Gasteiger partial charge in [-0.1, -0.05) is 0 Å². The summed E-state index contributed by atoms with van der Waals surface area (Å²) in [6.07, 6.45) is -4.48. The Bertz CT molecular complexity index is 367. The second-order valence-electron chi connectivity index (χ2n) is 4.05. The van der Waals surface area contributed by atoms with Gasteiger partial charge in [-0.2, -0.15) is 0 Å². The molecule has 0 aromatic carbocycles. The predicted molar refractivity (Wildman–Crippen MR) is 54.7 cm³/mol. The van der Waals surface area contributed by atoms with Crippen molar-refractivity contribution in [1.29, 1.82) is 0 Å². The normalized spacial score (nSPS) is 42.6. The van der Waals surface area contributed by atoms with Crippen molar-refractivity contribution in [3.05, 3.63) is 24.0 Å². The standard InChI is InChI=1S/C10H15NO6/c12-4-5-7(13)8(14)9(15)10(16,17-5)6-2-1-3-11-6/h1-3,5,7-9,11-16H,4H2/t5-,7-,8+,9-,10?/m1/s1. The van der Waals surface area contributed by atoms with Gasteiger partial charge >= 0.3 is 0 Å². The van der Waals surface area contributed by atoms with Gasteiger partial charge in [0.25, 0.3) is 0 Å². The molecule has 0 radical (unpaired) electrons. The number of rotatable bonds is 2. The minimum absolute atomic E-state index is 0.134. The van der Waals surface area contributed by atoms with E-state index in [0.29, 0.717) is 0 Å². The van der Waals surface area contributed by atoms with E-state index in [2.05, 4.69) is 4.98 Å². The molecule has 1 aromatic heterocycles. The van der Waals surface area contributed by atoms with E-state index >= 15 is 0 Å². The van der Waals surface area contributed by atoms with Crippen molar-refractivity contribution in [2.75, 3.05) is 6.61 Å². The number of aromatic nitrogens is 1. The molecule has 6 N–H and O–H groups in total. The summed E-state index contributed by atoms with van der Waals surface area (Å²) in [5, 5.41) is 48.1. The molecular formula is C10H15NO6. The number of hydrogen-bond donors (Lipinski definition) is 6. The van der Waals surface area contributed by atoms with Crippen LogP contribution in [0.1, 0.15) is 5.69 Å². The maximum absolute atomic E-state index is 10.2. The van der Waals surface area contributed by atoms with E-state index in [4.69, 9.17) is 9.84 Å². The molecule has 0 spiro atoms. The highest BCUT2D eigenvalue weighted by Crippen LogP contribution is 2.35. The molecular weight excluding hydrogens is 230 g/mol. The van der Waals surface area contributed by atoms with E-state index < -0.39 is 36.8 Å². The molecule has 1 saturated heterocycles. The summed E-state index contributed by atoms with van der Waals surface area (Å²) in [7, 11) is 0. The van der Waals surface area contributed by atoms with Gasteiger partial charge in [-0.25, -0.2) is 0 Å². The molecule has 1 aliphatic rings. The molecule has 17 heavy (non-hydrogen) atoms. The van der Waals surface area contributed by atoms with Crippen molar-refractivity contribution in [2.24, 2.45) is 0 Å². The largest absolute Gasteiger partial charge is 0.394 e. The fraction of sp³-hybridized carbons (Fsp3) is 0.600. The minimum Gasteiger partial charge on any atom is -0.394 e. The molecule has 0 aliphatic carbocycles. The molecule has 1 fully saturated rings. The van der Waals surface area contributed by atoms with E-state index in [1.54, 1.807) is 6.07 Å². The van der Waals surface area contributed by atoms with Gasteiger partial charge in [-0.3, -0.25) is 0 Å². The van der Waals surface area contributed by atoms with Crippen LogP contribution < -0.4 is 0 Å². The topological polar surface area (TPSA) is 126 Å². The molecule has 0 saturated carbocycles. The summed E-state index contributed by atoms with van der Waals surface area (Å²) >= 11 is 0. The van der Waals surface area contributed by atoms with E-state index in [9.17, 15) is 20.4 Å². The number of aromatic amines is 1. The fourth-order valence-corrected chi connectivity index (χ4v) is 1.93. The van der Waals surface area contributed by atoms with Crippen LogP contribution in [0.5, 0.6) is 0 Å². The van der Waals surface area contributed by atoms with Gasteiger partial charge < -0.3 is 35.3 Å². The first kappa shape index (κ1) is 12.5. The molecule has 96 valence electrons. The highest BCUT2D eigenvalue weighted by molar-refractivity contribution is 5.15. The molecule has 0 amide bonds. The quantitative estimate of drug-likeness (QED) is 0.346. The van der Waals surface area contributed by atoms with Crippen LogP contribution in [-0.4, -0.2) is 61.5 Å². The molecule has 1 aromatic rings. The second-order valence-corrected chi connectivity index (χ2v) is 4.05. The molecule has 1 aliphatic heterocycles. The first-order chi connectivity index (χ1) is 8.00. The lowest BCUT2D eigenvalue weighted by atomic mass is 9.91. The van der Waals surface area contributed by atoms with Crippen LogP contribution in [0.2, 0.25) is 0 Å². The number of nitrogens with one attached hydrogen (secondary N) is 1. The third-order valence-corrected chi connectivity index (χ3v) is 2.95. The number of aliphatic hydroxyl groups is 5. The first-order valence-electron chi connectivity index (χ1n) is 5.20. The fourth-order valence-electron chi connectivity index (χ4n) is 1.93. The van der Waals surface area contributed by atoms with E-state index in [1.165, 1.54) is 12.3 Å². The van der Waals surface area contributed by atoms with Gasteiger partial charge in [0.1, 0.15) is 24.4 Å². The molecule has 2 heterocycles. The summed E-state index contributed by atoms with van der Waals surface area (Å²) in [4.78, 5) is 2.65. The van der Waals surface area contributed by atoms with E-state index in [-0.39, 0.29) is 5.69 Å². The average molecular weight is 245 g/mol. The Labute approximate surface area is 96.9 Å². The molecule has 2 rings (SSSR count). The second kappa shape index (κ2) is 4.37. The average Bonchev–Trinajstić information content (AvgIpc) is 2.85. The van der Waals surface area contributed by atoms with Crippen LogP contribution in [0, 0.1) is 0 Å². The van der Waals surface area contributed by atoms with Crippen LogP contribution in [0.3, 0.4) is 0 Å². The van der Waals surface area contributed by atoms with Crippen LogP contribution >= 0.6 is 0 Å². The SMILES string of the molecule is OC[C@H]1OC(O)(c2ccc[nH]2)[C@H](O)[C@@H](O)[C@@H]1O. The Morgan fingerprint density at radius 3 is 2.53 bits per heavy atom.